The highest BCUT2D eigenvalue weighted by Gasteiger charge is 2.37. The second-order valence-corrected chi connectivity index (χ2v) is 8.57. The lowest BCUT2D eigenvalue weighted by molar-refractivity contribution is -0.143. The molecule has 1 atom stereocenters. The molecule has 2 heterocycles. The molecule has 4 rings (SSSR count). The van der Waals surface area contributed by atoms with Gasteiger partial charge in [-0.1, -0.05) is 12.1 Å². The maximum atomic E-state index is 13.4. The number of rotatable bonds is 4. The van der Waals surface area contributed by atoms with E-state index in [1.807, 2.05) is 6.07 Å². The predicted octanol–water partition coefficient (Wildman–Crippen LogP) is 6.20. The normalized spacial score (nSPS) is 16.1. The zero-order valence-corrected chi connectivity index (χ0v) is 19.4. The van der Waals surface area contributed by atoms with E-state index in [9.17, 15) is 35.9 Å². The fourth-order valence-electron chi connectivity index (χ4n) is 4.34. The molecule has 1 saturated heterocycles. The highest BCUT2D eigenvalue weighted by atomic mass is 19.4. The smallest absolute Gasteiger partial charge is 0.416 e. The molecule has 2 aromatic carbocycles. The molecule has 0 spiro atoms. The van der Waals surface area contributed by atoms with Crippen molar-refractivity contribution in [3.05, 3.63) is 88.7 Å². The van der Waals surface area contributed by atoms with Gasteiger partial charge in [0.15, 0.2) is 0 Å². The van der Waals surface area contributed by atoms with Crippen LogP contribution in [0, 0.1) is 0 Å². The van der Waals surface area contributed by atoms with Crippen LogP contribution in [0.3, 0.4) is 0 Å². The number of hydrogen-bond acceptors (Lipinski definition) is 4. The summed E-state index contributed by atoms with van der Waals surface area (Å²) in [6, 6.07) is 8.31. The molecule has 1 fully saturated rings. The summed E-state index contributed by atoms with van der Waals surface area (Å²) in [6.07, 6.45) is -6.08. The van der Waals surface area contributed by atoms with Crippen LogP contribution < -0.4 is 0 Å². The van der Waals surface area contributed by atoms with Crippen molar-refractivity contribution in [2.24, 2.45) is 0 Å². The number of aromatic nitrogens is 1. The maximum absolute atomic E-state index is 13.4. The molecular weight excluding hydrogens is 502 g/mol. The number of carbonyl (C=O) groups is 2. The third-order valence-corrected chi connectivity index (χ3v) is 6.20. The van der Waals surface area contributed by atoms with Crippen LogP contribution in [0.15, 0.2) is 60.9 Å². The molecule has 0 N–H and O–H groups in total. The number of halogens is 6. The van der Waals surface area contributed by atoms with E-state index in [1.165, 1.54) is 6.07 Å². The van der Waals surface area contributed by atoms with E-state index in [0.717, 1.165) is 24.8 Å². The van der Waals surface area contributed by atoms with E-state index in [2.05, 4.69) is 4.98 Å². The monoisotopic (exact) mass is 522 g/mol. The Morgan fingerprint density at radius 3 is 2.22 bits per heavy atom. The summed E-state index contributed by atoms with van der Waals surface area (Å²) in [7, 11) is 1.02. The van der Waals surface area contributed by atoms with Gasteiger partial charge in [0, 0.05) is 37.0 Å². The minimum atomic E-state index is -5.06. The van der Waals surface area contributed by atoms with Crippen LogP contribution in [-0.4, -0.2) is 42.0 Å². The molecular formula is C26H20F6N2O3. The average Bonchev–Trinajstić information content (AvgIpc) is 3.37. The lowest BCUT2D eigenvalue weighted by Crippen LogP contribution is -2.28. The molecule has 0 saturated carbocycles. The van der Waals surface area contributed by atoms with Crippen LogP contribution in [0.4, 0.5) is 26.3 Å². The Balaban J connectivity index is 1.72. The van der Waals surface area contributed by atoms with Gasteiger partial charge in [0.2, 0.25) is 0 Å². The largest absolute Gasteiger partial charge is 0.465 e. The number of pyridine rings is 1. The Bertz CT molecular complexity index is 1290. The lowest BCUT2D eigenvalue weighted by Gasteiger charge is -2.19. The van der Waals surface area contributed by atoms with E-state index in [-0.39, 0.29) is 28.7 Å². The van der Waals surface area contributed by atoms with Crippen LogP contribution in [0.5, 0.6) is 0 Å². The molecule has 0 aliphatic carbocycles. The molecule has 1 amide bonds. The summed E-state index contributed by atoms with van der Waals surface area (Å²) in [6.45, 7) is 0.818. The van der Waals surface area contributed by atoms with Crippen molar-refractivity contribution in [2.75, 3.05) is 20.2 Å². The SMILES string of the molecule is COC(=O)c1cc(C(=O)N2CCC(c3cccnc3)C2)ccc1-c1cc(C(F)(F)F)cc(C(F)(F)F)c1. The molecule has 194 valence electrons. The number of ether oxygens (including phenoxy) is 1. The summed E-state index contributed by atoms with van der Waals surface area (Å²) >= 11 is 0. The van der Waals surface area contributed by atoms with Crippen LogP contribution in [0.25, 0.3) is 11.1 Å². The minimum Gasteiger partial charge on any atom is -0.465 e. The summed E-state index contributed by atoms with van der Waals surface area (Å²) in [4.78, 5) is 31.3. The van der Waals surface area contributed by atoms with Gasteiger partial charge in [-0.05, 0) is 59.5 Å². The summed E-state index contributed by atoms with van der Waals surface area (Å²) in [5.74, 6) is -1.38. The van der Waals surface area contributed by atoms with Crippen molar-refractivity contribution in [1.82, 2.24) is 9.88 Å². The van der Waals surface area contributed by atoms with E-state index in [1.54, 1.807) is 23.4 Å². The van der Waals surface area contributed by atoms with Crippen molar-refractivity contribution in [3.63, 3.8) is 0 Å². The second kappa shape index (κ2) is 9.87. The number of nitrogens with zero attached hydrogens (tertiary/aromatic N) is 2. The van der Waals surface area contributed by atoms with Gasteiger partial charge in [-0.15, -0.1) is 0 Å². The van der Waals surface area contributed by atoms with Gasteiger partial charge in [0.1, 0.15) is 0 Å². The van der Waals surface area contributed by atoms with Gasteiger partial charge in [-0.3, -0.25) is 9.78 Å². The molecule has 1 aliphatic heterocycles. The van der Waals surface area contributed by atoms with Gasteiger partial charge in [0.25, 0.3) is 5.91 Å². The van der Waals surface area contributed by atoms with Crippen molar-refractivity contribution in [1.29, 1.82) is 0 Å². The molecule has 11 heteroatoms. The standard InChI is InChI=1S/C26H20F6N2O3/c1-37-24(36)22-11-15(23(35)34-8-6-17(14-34)16-3-2-7-33-13-16)4-5-21(22)18-9-19(25(27,28)29)12-20(10-18)26(30,31)32/h2-5,7,9-13,17H,6,8,14H2,1H3. The molecule has 1 aromatic heterocycles. The van der Waals surface area contributed by atoms with Gasteiger partial charge in [-0.2, -0.15) is 26.3 Å². The Morgan fingerprint density at radius 1 is 0.973 bits per heavy atom. The maximum Gasteiger partial charge on any atom is 0.416 e. The number of carbonyl (C=O) groups excluding carboxylic acids is 2. The number of methoxy groups -OCH3 is 1. The first-order chi connectivity index (χ1) is 17.4. The van der Waals surface area contributed by atoms with Crippen LogP contribution >= 0.6 is 0 Å². The van der Waals surface area contributed by atoms with Crippen molar-refractivity contribution >= 4 is 11.9 Å². The van der Waals surface area contributed by atoms with Gasteiger partial charge >= 0.3 is 18.3 Å². The first kappa shape index (κ1) is 26.2. The number of benzene rings is 2. The Morgan fingerprint density at radius 2 is 1.65 bits per heavy atom. The molecule has 37 heavy (non-hydrogen) atoms. The summed E-state index contributed by atoms with van der Waals surface area (Å²) in [5.41, 5.74) is -3.07. The van der Waals surface area contributed by atoms with Gasteiger partial charge < -0.3 is 9.64 Å². The third kappa shape index (κ3) is 5.60. The van der Waals surface area contributed by atoms with Gasteiger partial charge in [-0.25, -0.2) is 4.79 Å². The topological polar surface area (TPSA) is 59.5 Å². The van der Waals surface area contributed by atoms with Crippen molar-refractivity contribution in [2.45, 2.75) is 24.7 Å². The third-order valence-electron chi connectivity index (χ3n) is 6.20. The zero-order valence-electron chi connectivity index (χ0n) is 19.4. The quantitative estimate of drug-likeness (QED) is 0.302. The number of likely N-dealkylation sites (tertiary alicyclic amines) is 1. The van der Waals surface area contributed by atoms with Crippen molar-refractivity contribution < 1.29 is 40.7 Å². The molecule has 5 nitrogen and oxygen atoms in total. The van der Waals surface area contributed by atoms with Crippen LogP contribution in [0.1, 0.15) is 49.7 Å². The fraction of sp³-hybridized carbons (Fsp3) is 0.269. The molecule has 1 aliphatic rings. The first-order valence-corrected chi connectivity index (χ1v) is 11.1. The predicted molar refractivity (Wildman–Crippen MR) is 121 cm³/mol. The fourth-order valence-corrected chi connectivity index (χ4v) is 4.34. The van der Waals surface area contributed by atoms with Crippen molar-refractivity contribution in [3.8, 4) is 11.1 Å². The highest BCUT2D eigenvalue weighted by Crippen LogP contribution is 2.39. The summed E-state index contributed by atoms with van der Waals surface area (Å²) < 4.78 is 84.9. The number of esters is 1. The van der Waals surface area contributed by atoms with Crippen LogP contribution in [0.2, 0.25) is 0 Å². The van der Waals surface area contributed by atoms with Gasteiger partial charge in [0.05, 0.1) is 23.8 Å². The molecule has 1 unspecified atom stereocenters. The van der Waals surface area contributed by atoms with E-state index in [4.69, 9.17) is 4.74 Å². The van der Waals surface area contributed by atoms with E-state index < -0.39 is 40.9 Å². The Hall–Kier alpha value is -3.89. The minimum absolute atomic E-state index is 0.00522. The molecule has 0 radical (unpaired) electrons. The zero-order chi connectivity index (χ0) is 27.0. The number of hydrogen-bond donors (Lipinski definition) is 0. The Kier molecular flexibility index (Phi) is 6.98. The number of alkyl halides is 6. The molecule has 0 bridgehead atoms. The first-order valence-electron chi connectivity index (χ1n) is 11.1. The molecule has 3 aromatic rings. The lowest BCUT2D eigenvalue weighted by atomic mass is 9.94. The number of amides is 1. The Labute approximate surface area is 207 Å². The second-order valence-electron chi connectivity index (χ2n) is 8.57. The average molecular weight is 522 g/mol. The van der Waals surface area contributed by atoms with E-state index in [0.29, 0.717) is 31.6 Å². The summed E-state index contributed by atoms with van der Waals surface area (Å²) in [5, 5.41) is 0. The van der Waals surface area contributed by atoms with E-state index >= 15 is 0 Å². The highest BCUT2D eigenvalue weighted by molar-refractivity contribution is 6.02. The van der Waals surface area contributed by atoms with Crippen LogP contribution in [-0.2, 0) is 17.1 Å².